The highest BCUT2D eigenvalue weighted by molar-refractivity contribution is 8.00. The normalized spacial score (nSPS) is 11.9. The minimum Gasteiger partial charge on any atom is -0.312 e. The lowest BCUT2D eigenvalue weighted by Crippen LogP contribution is -2.36. The Morgan fingerprint density at radius 3 is 2.40 bits per heavy atom. The van der Waals surface area contributed by atoms with Crippen LogP contribution in [0.2, 0.25) is 0 Å². The molecule has 0 saturated heterocycles. The summed E-state index contributed by atoms with van der Waals surface area (Å²) in [6.07, 6.45) is 1.67. The molecule has 0 fully saturated rings. The van der Waals surface area contributed by atoms with Crippen LogP contribution in [0, 0.1) is 0 Å². The zero-order valence-electron chi connectivity index (χ0n) is 14.2. The summed E-state index contributed by atoms with van der Waals surface area (Å²) in [6.45, 7) is 4.51. The maximum Gasteiger partial charge on any atom is 0.240 e. The Hall–Kier alpha value is -2.60. The topological polar surface area (TPSA) is 51.0 Å². The molecule has 1 aromatic heterocycles. The van der Waals surface area contributed by atoms with Gasteiger partial charge < -0.3 is 4.90 Å². The van der Waals surface area contributed by atoms with E-state index >= 15 is 0 Å². The van der Waals surface area contributed by atoms with Crippen LogP contribution in [0.1, 0.15) is 13.8 Å². The molecule has 0 bridgehead atoms. The molecular weight excluding hydrogens is 332 g/mol. The summed E-state index contributed by atoms with van der Waals surface area (Å²) in [5.74, 6) is 0.0568. The summed E-state index contributed by atoms with van der Waals surface area (Å²) < 4.78 is 1.90. The highest BCUT2D eigenvalue weighted by Gasteiger charge is 2.23. The van der Waals surface area contributed by atoms with Crippen molar-refractivity contribution in [3.8, 4) is 5.69 Å². The number of hydrogen-bond donors (Lipinski definition) is 0. The molecule has 0 unspecified atom stereocenters. The summed E-state index contributed by atoms with van der Waals surface area (Å²) in [4.78, 5) is 14.7. The predicted octanol–water partition coefficient (Wildman–Crippen LogP) is 3.80. The molecule has 0 spiro atoms. The number of thioether (sulfide) groups is 1. The largest absolute Gasteiger partial charge is 0.312 e. The molecule has 1 heterocycles. The average molecular weight is 352 g/mol. The highest BCUT2D eigenvalue weighted by Crippen LogP contribution is 2.26. The fourth-order valence-corrected chi connectivity index (χ4v) is 3.48. The van der Waals surface area contributed by atoms with E-state index in [0.29, 0.717) is 11.7 Å². The van der Waals surface area contributed by atoms with Crippen molar-refractivity contribution in [2.45, 2.75) is 24.3 Å². The van der Waals surface area contributed by atoms with Crippen molar-refractivity contribution in [1.82, 2.24) is 14.8 Å². The summed E-state index contributed by atoms with van der Waals surface area (Å²) in [7, 11) is 0. The molecule has 1 amide bonds. The number of carbonyl (C=O) groups is 1. The van der Waals surface area contributed by atoms with Crippen LogP contribution in [0.4, 0.5) is 5.69 Å². The first-order chi connectivity index (χ1) is 12.2. The zero-order chi connectivity index (χ0) is 17.6. The standard InChI is InChI=1S/C19H20N4OS/c1-3-22(16-10-6-4-7-11-16)18(24)15(2)25-19-21-20-14-23(19)17-12-8-5-9-13-17/h4-15H,3H2,1-2H3/t15-/m0/s1. The molecule has 0 aliphatic heterocycles. The fourth-order valence-electron chi connectivity index (χ4n) is 2.57. The predicted molar refractivity (Wildman–Crippen MR) is 101 cm³/mol. The Kier molecular flexibility index (Phi) is 5.50. The second-order valence-corrected chi connectivity index (χ2v) is 6.81. The second-order valence-electron chi connectivity index (χ2n) is 5.50. The van der Waals surface area contributed by atoms with Gasteiger partial charge in [-0.05, 0) is 38.1 Å². The van der Waals surface area contributed by atoms with Gasteiger partial charge in [0.15, 0.2) is 5.16 Å². The number of aromatic nitrogens is 3. The minimum atomic E-state index is -0.271. The number of nitrogens with zero attached hydrogens (tertiary/aromatic N) is 4. The Labute approximate surface area is 151 Å². The Bertz CT molecular complexity index is 820. The lowest BCUT2D eigenvalue weighted by molar-refractivity contribution is -0.117. The zero-order valence-corrected chi connectivity index (χ0v) is 15.1. The summed E-state index contributed by atoms with van der Waals surface area (Å²) in [5.41, 5.74) is 1.89. The Morgan fingerprint density at radius 2 is 1.76 bits per heavy atom. The van der Waals surface area contributed by atoms with Crippen molar-refractivity contribution in [1.29, 1.82) is 0 Å². The van der Waals surface area contributed by atoms with Crippen molar-refractivity contribution in [3.63, 3.8) is 0 Å². The van der Waals surface area contributed by atoms with E-state index < -0.39 is 0 Å². The van der Waals surface area contributed by atoms with E-state index in [9.17, 15) is 4.79 Å². The maximum absolute atomic E-state index is 12.9. The highest BCUT2D eigenvalue weighted by atomic mass is 32.2. The van der Waals surface area contributed by atoms with Gasteiger partial charge in [0.05, 0.1) is 5.25 Å². The van der Waals surface area contributed by atoms with Gasteiger partial charge in [-0.15, -0.1) is 10.2 Å². The third kappa shape index (κ3) is 3.91. The minimum absolute atomic E-state index is 0.0568. The molecule has 1 atom stereocenters. The van der Waals surface area contributed by atoms with Crippen LogP contribution in [-0.2, 0) is 4.79 Å². The number of hydrogen-bond acceptors (Lipinski definition) is 4. The molecule has 2 aromatic carbocycles. The van der Waals surface area contributed by atoms with Crippen LogP contribution in [-0.4, -0.2) is 32.5 Å². The van der Waals surface area contributed by atoms with E-state index in [1.54, 1.807) is 11.2 Å². The van der Waals surface area contributed by atoms with Gasteiger partial charge >= 0.3 is 0 Å². The van der Waals surface area contributed by atoms with Gasteiger partial charge in [-0.1, -0.05) is 48.2 Å². The number of carbonyl (C=O) groups excluding carboxylic acids is 1. The van der Waals surface area contributed by atoms with Gasteiger partial charge in [0.2, 0.25) is 5.91 Å². The number of rotatable bonds is 6. The second kappa shape index (κ2) is 7.98. The van der Waals surface area contributed by atoms with Crippen LogP contribution in [0.15, 0.2) is 72.1 Å². The van der Waals surface area contributed by atoms with Crippen LogP contribution in [0.3, 0.4) is 0 Å². The molecule has 0 N–H and O–H groups in total. The Morgan fingerprint density at radius 1 is 1.12 bits per heavy atom. The molecule has 0 aliphatic rings. The van der Waals surface area contributed by atoms with Crippen molar-refractivity contribution in [2.24, 2.45) is 0 Å². The van der Waals surface area contributed by atoms with Gasteiger partial charge in [0.1, 0.15) is 6.33 Å². The Balaban J connectivity index is 1.77. The SMILES string of the molecule is CCN(C(=O)[C@H](C)Sc1nncn1-c1ccccc1)c1ccccc1. The van der Waals surface area contributed by atoms with Crippen molar-refractivity contribution in [3.05, 3.63) is 67.0 Å². The molecular formula is C19H20N4OS. The monoisotopic (exact) mass is 352 g/mol. The lowest BCUT2D eigenvalue weighted by atomic mass is 10.2. The third-order valence-electron chi connectivity index (χ3n) is 3.83. The number of amides is 1. The van der Waals surface area contributed by atoms with Crippen LogP contribution in [0.5, 0.6) is 0 Å². The molecule has 6 heteroatoms. The van der Waals surface area contributed by atoms with Crippen LogP contribution >= 0.6 is 11.8 Å². The van der Waals surface area contributed by atoms with E-state index in [1.807, 2.05) is 79.1 Å². The third-order valence-corrected chi connectivity index (χ3v) is 4.88. The summed E-state index contributed by atoms with van der Waals surface area (Å²) >= 11 is 1.42. The van der Waals surface area contributed by atoms with Crippen molar-refractivity contribution < 1.29 is 4.79 Å². The summed E-state index contributed by atoms with van der Waals surface area (Å²) in [5, 5.41) is 8.61. The molecule has 0 saturated carbocycles. The van der Waals surface area contributed by atoms with Gasteiger partial charge in [0, 0.05) is 17.9 Å². The number of anilines is 1. The van der Waals surface area contributed by atoms with Gasteiger partial charge in [-0.25, -0.2) is 0 Å². The summed E-state index contributed by atoms with van der Waals surface area (Å²) in [6, 6.07) is 19.6. The molecule has 25 heavy (non-hydrogen) atoms. The van der Waals surface area contributed by atoms with Crippen LogP contribution in [0.25, 0.3) is 5.69 Å². The first kappa shape index (κ1) is 17.2. The maximum atomic E-state index is 12.9. The smallest absolute Gasteiger partial charge is 0.240 e. The van der Waals surface area contributed by atoms with E-state index in [-0.39, 0.29) is 11.2 Å². The van der Waals surface area contributed by atoms with E-state index in [0.717, 1.165) is 11.4 Å². The van der Waals surface area contributed by atoms with Gasteiger partial charge in [-0.3, -0.25) is 9.36 Å². The van der Waals surface area contributed by atoms with Crippen LogP contribution < -0.4 is 4.90 Å². The molecule has 5 nitrogen and oxygen atoms in total. The molecule has 0 radical (unpaired) electrons. The molecule has 3 rings (SSSR count). The molecule has 0 aliphatic carbocycles. The quantitative estimate of drug-likeness (QED) is 0.633. The average Bonchev–Trinajstić information content (AvgIpc) is 3.12. The van der Waals surface area contributed by atoms with E-state index in [4.69, 9.17) is 0 Å². The van der Waals surface area contributed by atoms with E-state index in [2.05, 4.69) is 10.2 Å². The van der Waals surface area contributed by atoms with E-state index in [1.165, 1.54) is 11.8 Å². The first-order valence-corrected chi connectivity index (χ1v) is 9.07. The van der Waals surface area contributed by atoms with Crippen molar-refractivity contribution >= 4 is 23.4 Å². The molecule has 3 aromatic rings. The first-order valence-electron chi connectivity index (χ1n) is 8.19. The van der Waals surface area contributed by atoms with Crippen molar-refractivity contribution in [2.75, 3.05) is 11.4 Å². The van der Waals surface area contributed by atoms with Gasteiger partial charge in [-0.2, -0.15) is 0 Å². The number of para-hydroxylation sites is 2. The van der Waals surface area contributed by atoms with Gasteiger partial charge in [0.25, 0.3) is 0 Å². The molecule has 128 valence electrons. The number of benzene rings is 2. The fraction of sp³-hybridized carbons (Fsp3) is 0.211. The lowest BCUT2D eigenvalue weighted by Gasteiger charge is -2.24.